The molecule has 6 heteroatoms. The van der Waals surface area contributed by atoms with Crippen LogP contribution < -0.4 is 0 Å². The van der Waals surface area contributed by atoms with E-state index in [1.165, 1.54) is 11.8 Å². The summed E-state index contributed by atoms with van der Waals surface area (Å²) in [7, 11) is 0. The highest BCUT2D eigenvalue weighted by molar-refractivity contribution is 7.99. The average molecular weight is 374 g/mol. The Hall–Kier alpha value is -3.04. The zero-order chi connectivity index (χ0) is 18.8. The molecule has 1 N–H and O–H groups in total. The second-order valence-electron chi connectivity index (χ2n) is 6.33. The van der Waals surface area contributed by atoms with Crippen LogP contribution in [-0.2, 0) is 6.54 Å². The van der Waals surface area contributed by atoms with Gasteiger partial charge in [0.2, 0.25) is 0 Å². The minimum Gasteiger partial charge on any atom is -0.358 e. The largest absolute Gasteiger partial charge is 0.358 e. The van der Waals surface area contributed by atoms with Gasteiger partial charge in [-0.25, -0.2) is 4.98 Å². The molecule has 0 aliphatic carbocycles. The molecule has 27 heavy (non-hydrogen) atoms. The number of rotatable bonds is 6. The second-order valence-corrected chi connectivity index (χ2v) is 7.27. The number of Topliss-reactive ketones (excluding diaryl/α,β-unsaturated/α-hetero) is 1. The maximum Gasteiger partial charge on any atom is 0.175 e. The van der Waals surface area contributed by atoms with Crippen molar-refractivity contribution in [3.8, 4) is 6.07 Å². The molecule has 5 nitrogen and oxygen atoms in total. The minimum atomic E-state index is 0.0776. The molecular formula is C21H18N4OS. The molecule has 0 saturated heterocycles. The van der Waals surface area contributed by atoms with E-state index in [2.05, 4.69) is 16.0 Å². The van der Waals surface area contributed by atoms with Gasteiger partial charge in [0.1, 0.15) is 0 Å². The maximum atomic E-state index is 12.9. The molecule has 4 rings (SSSR count). The van der Waals surface area contributed by atoms with E-state index in [0.717, 1.165) is 38.4 Å². The summed E-state index contributed by atoms with van der Waals surface area (Å²) in [5.41, 5.74) is 4.49. The number of nitriles is 1. The molecule has 0 atom stereocenters. The van der Waals surface area contributed by atoms with Crippen molar-refractivity contribution < 1.29 is 4.79 Å². The predicted octanol–water partition coefficient (Wildman–Crippen LogP) is 4.71. The van der Waals surface area contributed by atoms with Crippen LogP contribution in [0.1, 0.15) is 22.5 Å². The number of thioether (sulfide) groups is 1. The van der Waals surface area contributed by atoms with Crippen LogP contribution in [-0.4, -0.2) is 26.1 Å². The highest BCUT2D eigenvalue weighted by atomic mass is 32.2. The molecule has 0 radical (unpaired) electrons. The topological polar surface area (TPSA) is 74.5 Å². The summed E-state index contributed by atoms with van der Waals surface area (Å²) in [6.07, 6.45) is 0.406. The van der Waals surface area contributed by atoms with Gasteiger partial charge < -0.3 is 9.55 Å². The van der Waals surface area contributed by atoms with Crippen molar-refractivity contribution in [2.75, 3.05) is 5.75 Å². The van der Waals surface area contributed by atoms with Gasteiger partial charge in [-0.2, -0.15) is 5.26 Å². The Morgan fingerprint density at radius 2 is 2.00 bits per heavy atom. The van der Waals surface area contributed by atoms with Crippen molar-refractivity contribution in [1.82, 2.24) is 14.5 Å². The van der Waals surface area contributed by atoms with E-state index in [9.17, 15) is 4.79 Å². The summed E-state index contributed by atoms with van der Waals surface area (Å²) in [5.74, 6) is 0.382. The SMILES string of the molecule is Cc1[nH]c2ccccc2c1C(=O)CSc1nc2ccccc2n1CCC#N. The van der Waals surface area contributed by atoms with Crippen LogP contribution in [0, 0.1) is 18.3 Å². The Morgan fingerprint density at radius 1 is 1.22 bits per heavy atom. The highest BCUT2D eigenvalue weighted by Crippen LogP contribution is 2.28. The van der Waals surface area contributed by atoms with Gasteiger partial charge in [0.05, 0.1) is 29.3 Å². The predicted molar refractivity (Wildman–Crippen MR) is 108 cm³/mol. The highest BCUT2D eigenvalue weighted by Gasteiger charge is 2.18. The van der Waals surface area contributed by atoms with Crippen LogP contribution in [0.3, 0.4) is 0 Å². The number of carbonyl (C=O) groups is 1. The summed E-state index contributed by atoms with van der Waals surface area (Å²) in [5, 5.41) is 10.7. The number of nitrogens with one attached hydrogen (secondary N) is 1. The minimum absolute atomic E-state index is 0.0776. The Morgan fingerprint density at radius 3 is 2.85 bits per heavy atom. The molecule has 0 spiro atoms. The van der Waals surface area contributed by atoms with Gasteiger partial charge >= 0.3 is 0 Å². The molecule has 0 unspecified atom stereocenters. The zero-order valence-corrected chi connectivity index (χ0v) is 15.7. The van der Waals surface area contributed by atoms with Gasteiger partial charge in [-0.1, -0.05) is 42.1 Å². The zero-order valence-electron chi connectivity index (χ0n) is 14.9. The number of H-pyrrole nitrogens is 1. The van der Waals surface area contributed by atoms with Gasteiger partial charge in [-0.05, 0) is 25.1 Å². The van der Waals surface area contributed by atoms with Crippen molar-refractivity contribution in [2.45, 2.75) is 25.0 Å². The Bertz CT molecular complexity index is 1180. The van der Waals surface area contributed by atoms with E-state index in [0.29, 0.717) is 18.7 Å². The quantitative estimate of drug-likeness (QED) is 0.392. The molecule has 2 heterocycles. The lowest BCUT2D eigenvalue weighted by Crippen LogP contribution is -2.06. The molecule has 4 aromatic rings. The third kappa shape index (κ3) is 3.22. The number of hydrogen-bond acceptors (Lipinski definition) is 4. The molecule has 0 amide bonds. The van der Waals surface area contributed by atoms with Gasteiger partial charge in [0.15, 0.2) is 10.9 Å². The van der Waals surface area contributed by atoms with Crippen LogP contribution in [0.4, 0.5) is 0 Å². The van der Waals surface area contributed by atoms with Crippen molar-refractivity contribution >= 4 is 39.5 Å². The number of aryl methyl sites for hydroxylation is 2. The standard InChI is InChI=1S/C21H18N4OS/c1-14-20(15-7-2-3-8-16(15)23-14)19(26)13-27-21-24-17-9-4-5-10-18(17)25(21)12-6-11-22/h2-5,7-10,23H,6,12-13H2,1H3. The van der Waals surface area contributed by atoms with Crippen LogP contribution in [0.5, 0.6) is 0 Å². The number of ketones is 1. The molecule has 2 aromatic carbocycles. The molecule has 0 fully saturated rings. The summed E-state index contributed by atoms with van der Waals surface area (Å²) < 4.78 is 2.03. The summed E-state index contributed by atoms with van der Waals surface area (Å²) >= 11 is 1.43. The average Bonchev–Trinajstić information content (AvgIpc) is 3.20. The lowest BCUT2D eigenvalue weighted by atomic mass is 10.1. The van der Waals surface area contributed by atoms with Gasteiger partial charge in [0, 0.05) is 28.7 Å². The fourth-order valence-corrected chi connectivity index (χ4v) is 4.29. The molecule has 134 valence electrons. The van der Waals surface area contributed by atoms with Crippen LogP contribution in [0.25, 0.3) is 21.9 Å². The van der Waals surface area contributed by atoms with E-state index < -0.39 is 0 Å². The molecule has 0 bridgehead atoms. The number of nitrogens with zero attached hydrogens (tertiary/aromatic N) is 3. The number of aromatic nitrogens is 3. The van der Waals surface area contributed by atoms with Crippen LogP contribution >= 0.6 is 11.8 Å². The van der Waals surface area contributed by atoms with Crippen molar-refractivity contribution in [2.24, 2.45) is 0 Å². The van der Waals surface area contributed by atoms with Gasteiger partial charge in [-0.3, -0.25) is 4.79 Å². The molecule has 2 aromatic heterocycles. The van der Waals surface area contributed by atoms with Crippen molar-refractivity contribution in [3.05, 3.63) is 59.8 Å². The summed E-state index contributed by atoms with van der Waals surface area (Å²) in [4.78, 5) is 20.9. The number of aromatic amines is 1. The van der Waals surface area contributed by atoms with E-state index in [1.807, 2.05) is 60.0 Å². The number of carbonyl (C=O) groups excluding carboxylic acids is 1. The monoisotopic (exact) mass is 374 g/mol. The number of hydrogen-bond donors (Lipinski definition) is 1. The van der Waals surface area contributed by atoms with Crippen LogP contribution in [0.2, 0.25) is 0 Å². The first kappa shape index (κ1) is 17.4. The molecular weight excluding hydrogens is 356 g/mol. The third-order valence-corrected chi connectivity index (χ3v) is 5.55. The van der Waals surface area contributed by atoms with E-state index in [1.54, 1.807) is 0 Å². The fourth-order valence-electron chi connectivity index (χ4n) is 3.38. The van der Waals surface area contributed by atoms with E-state index in [-0.39, 0.29) is 5.78 Å². The third-order valence-electron chi connectivity index (χ3n) is 4.57. The molecule has 0 saturated carbocycles. The normalized spacial score (nSPS) is 11.1. The smallest absolute Gasteiger partial charge is 0.175 e. The first-order chi connectivity index (χ1) is 13.2. The molecule has 0 aliphatic heterocycles. The van der Waals surface area contributed by atoms with E-state index >= 15 is 0 Å². The van der Waals surface area contributed by atoms with Crippen molar-refractivity contribution in [3.63, 3.8) is 0 Å². The summed E-state index contributed by atoms with van der Waals surface area (Å²) in [6, 6.07) is 17.9. The first-order valence-electron chi connectivity index (χ1n) is 8.74. The van der Waals surface area contributed by atoms with Crippen LogP contribution in [0.15, 0.2) is 53.7 Å². The Balaban J connectivity index is 1.62. The maximum absolute atomic E-state index is 12.9. The van der Waals surface area contributed by atoms with E-state index in [4.69, 9.17) is 5.26 Å². The lowest BCUT2D eigenvalue weighted by Gasteiger charge is -2.06. The summed E-state index contributed by atoms with van der Waals surface area (Å²) in [6.45, 7) is 2.50. The van der Waals surface area contributed by atoms with Crippen molar-refractivity contribution in [1.29, 1.82) is 5.26 Å². The first-order valence-corrected chi connectivity index (χ1v) is 9.73. The Kier molecular flexibility index (Phi) is 4.69. The molecule has 0 aliphatic rings. The van der Waals surface area contributed by atoms with Gasteiger partial charge in [-0.15, -0.1) is 0 Å². The fraction of sp³-hybridized carbons (Fsp3) is 0.190. The number of benzene rings is 2. The lowest BCUT2D eigenvalue weighted by molar-refractivity contribution is 0.102. The number of imidazole rings is 1. The number of fused-ring (bicyclic) bond motifs is 2. The number of para-hydroxylation sites is 3. The van der Waals surface area contributed by atoms with Gasteiger partial charge in [0.25, 0.3) is 0 Å². The Labute approximate surface area is 161 Å². The second kappa shape index (κ2) is 7.29.